The highest BCUT2D eigenvalue weighted by Gasteiger charge is 2.18. The van der Waals surface area contributed by atoms with Gasteiger partial charge in [-0.25, -0.2) is 0 Å². The van der Waals surface area contributed by atoms with Crippen LogP contribution in [0.25, 0.3) is 0 Å². The Morgan fingerprint density at radius 2 is 1.78 bits per heavy atom. The molecule has 1 aromatic heterocycles. The fourth-order valence-corrected chi connectivity index (χ4v) is 1.81. The van der Waals surface area contributed by atoms with Crippen LogP contribution in [-0.4, -0.2) is 16.7 Å². The standard InChI is InChI=1S/C14H19N3O/c1-10(2)13-16-17-14(18-13)12(9-15)8-11-6-4-3-5-7-11/h3-7,10,12H,8-9,15H2,1-2H3. The molecule has 1 atom stereocenters. The zero-order valence-electron chi connectivity index (χ0n) is 10.8. The molecule has 0 saturated carbocycles. The van der Waals surface area contributed by atoms with Gasteiger partial charge in [-0.1, -0.05) is 44.2 Å². The van der Waals surface area contributed by atoms with Gasteiger partial charge in [-0.3, -0.25) is 0 Å². The summed E-state index contributed by atoms with van der Waals surface area (Å²) in [6, 6.07) is 10.2. The number of hydrogen-bond acceptors (Lipinski definition) is 4. The van der Waals surface area contributed by atoms with Crippen LogP contribution < -0.4 is 5.73 Å². The molecular weight excluding hydrogens is 226 g/mol. The normalized spacial score (nSPS) is 12.9. The summed E-state index contributed by atoms with van der Waals surface area (Å²) in [5, 5.41) is 8.16. The molecule has 0 bridgehead atoms. The molecule has 4 nitrogen and oxygen atoms in total. The van der Waals surface area contributed by atoms with E-state index in [0.717, 1.165) is 6.42 Å². The van der Waals surface area contributed by atoms with Gasteiger partial charge in [0.2, 0.25) is 11.8 Å². The average Bonchev–Trinajstić information content (AvgIpc) is 2.87. The molecule has 0 aliphatic carbocycles. The molecule has 0 spiro atoms. The lowest BCUT2D eigenvalue weighted by atomic mass is 9.99. The number of hydrogen-bond donors (Lipinski definition) is 1. The van der Waals surface area contributed by atoms with Gasteiger partial charge in [0.15, 0.2) is 0 Å². The number of nitrogens with zero attached hydrogens (tertiary/aromatic N) is 2. The first kappa shape index (κ1) is 12.8. The maximum absolute atomic E-state index is 5.81. The average molecular weight is 245 g/mol. The summed E-state index contributed by atoms with van der Waals surface area (Å²) in [4.78, 5) is 0. The predicted octanol–water partition coefficient (Wildman–Crippen LogP) is 2.48. The molecule has 1 unspecified atom stereocenters. The second-order valence-electron chi connectivity index (χ2n) is 4.76. The Bertz CT molecular complexity index is 479. The third-order valence-corrected chi connectivity index (χ3v) is 2.91. The van der Waals surface area contributed by atoms with Crippen molar-refractivity contribution in [2.24, 2.45) is 5.73 Å². The maximum atomic E-state index is 5.81. The molecule has 0 aliphatic rings. The summed E-state index contributed by atoms with van der Waals surface area (Å²) < 4.78 is 5.67. The number of aromatic nitrogens is 2. The van der Waals surface area contributed by atoms with Gasteiger partial charge < -0.3 is 10.2 Å². The Labute approximate surface area is 107 Å². The summed E-state index contributed by atoms with van der Waals surface area (Å²) in [6.07, 6.45) is 0.830. The summed E-state index contributed by atoms with van der Waals surface area (Å²) in [5.74, 6) is 1.66. The van der Waals surface area contributed by atoms with Gasteiger partial charge in [0.05, 0.1) is 5.92 Å². The van der Waals surface area contributed by atoms with Crippen LogP contribution in [0.4, 0.5) is 0 Å². The van der Waals surface area contributed by atoms with E-state index in [9.17, 15) is 0 Å². The smallest absolute Gasteiger partial charge is 0.221 e. The first-order valence-corrected chi connectivity index (χ1v) is 6.28. The van der Waals surface area contributed by atoms with E-state index in [1.54, 1.807) is 0 Å². The van der Waals surface area contributed by atoms with Gasteiger partial charge in [-0.05, 0) is 12.0 Å². The Kier molecular flexibility index (Phi) is 4.10. The van der Waals surface area contributed by atoms with Crippen LogP contribution in [0.1, 0.15) is 43.0 Å². The van der Waals surface area contributed by atoms with Gasteiger partial charge in [0.1, 0.15) is 0 Å². The third-order valence-electron chi connectivity index (χ3n) is 2.91. The number of rotatable bonds is 5. The Morgan fingerprint density at radius 1 is 1.11 bits per heavy atom. The highest BCUT2D eigenvalue weighted by Crippen LogP contribution is 2.21. The molecule has 0 radical (unpaired) electrons. The van der Waals surface area contributed by atoms with E-state index in [1.807, 2.05) is 32.0 Å². The van der Waals surface area contributed by atoms with Crippen molar-refractivity contribution in [2.75, 3.05) is 6.54 Å². The van der Waals surface area contributed by atoms with Crippen molar-refractivity contribution in [2.45, 2.75) is 32.1 Å². The zero-order chi connectivity index (χ0) is 13.0. The first-order chi connectivity index (χ1) is 8.70. The highest BCUT2D eigenvalue weighted by molar-refractivity contribution is 5.17. The van der Waals surface area contributed by atoms with Crippen molar-refractivity contribution in [3.8, 4) is 0 Å². The molecule has 18 heavy (non-hydrogen) atoms. The SMILES string of the molecule is CC(C)c1nnc(C(CN)Cc2ccccc2)o1. The first-order valence-electron chi connectivity index (χ1n) is 6.28. The van der Waals surface area contributed by atoms with E-state index in [-0.39, 0.29) is 11.8 Å². The minimum absolute atomic E-state index is 0.0902. The topological polar surface area (TPSA) is 64.9 Å². The molecule has 0 fully saturated rings. The van der Waals surface area contributed by atoms with Crippen molar-refractivity contribution in [3.63, 3.8) is 0 Å². The van der Waals surface area contributed by atoms with E-state index >= 15 is 0 Å². The number of nitrogens with two attached hydrogens (primary N) is 1. The van der Waals surface area contributed by atoms with Gasteiger partial charge in [-0.2, -0.15) is 0 Å². The van der Waals surface area contributed by atoms with E-state index < -0.39 is 0 Å². The summed E-state index contributed by atoms with van der Waals surface area (Å²) in [7, 11) is 0. The molecular formula is C14H19N3O. The van der Waals surface area contributed by atoms with Crippen LogP contribution >= 0.6 is 0 Å². The Hall–Kier alpha value is -1.68. The minimum atomic E-state index is 0.0902. The van der Waals surface area contributed by atoms with Gasteiger partial charge in [-0.15, -0.1) is 10.2 Å². The van der Waals surface area contributed by atoms with Crippen LogP contribution in [0.15, 0.2) is 34.7 Å². The van der Waals surface area contributed by atoms with Crippen molar-refractivity contribution in [1.29, 1.82) is 0 Å². The second-order valence-corrected chi connectivity index (χ2v) is 4.76. The van der Waals surface area contributed by atoms with Gasteiger partial charge in [0, 0.05) is 12.5 Å². The third kappa shape index (κ3) is 2.96. The van der Waals surface area contributed by atoms with Crippen molar-refractivity contribution in [3.05, 3.63) is 47.7 Å². The molecule has 1 heterocycles. The molecule has 2 aromatic rings. The maximum Gasteiger partial charge on any atom is 0.221 e. The van der Waals surface area contributed by atoms with Gasteiger partial charge >= 0.3 is 0 Å². The molecule has 0 amide bonds. The van der Waals surface area contributed by atoms with Crippen molar-refractivity contribution in [1.82, 2.24) is 10.2 Å². The molecule has 4 heteroatoms. The highest BCUT2D eigenvalue weighted by atomic mass is 16.4. The van der Waals surface area contributed by atoms with E-state index in [2.05, 4.69) is 22.3 Å². The van der Waals surface area contributed by atoms with Crippen LogP contribution in [0.3, 0.4) is 0 Å². The Balaban J connectivity index is 2.13. The van der Waals surface area contributed by atoms with E-state index in [0.29, 0.717) is 18.3 Å². The molecule has 0 saturated heterocycles. The lowest BCUT2D eigenvalue weighted by Crippen LogP contribution is -2.15. The molecule has 2 rings (SSSR count). The van der Waals surface area contributed by atoms with Crippen LogP contribution in [-0.2, 0) is 6.42 Å². The lowest BCUT2D eigenvalue weighted by Gasteiger charge is -2.10. The van der Waals surface area contributed by atoms with E-state index in [4.69, 9.17) is 10.2 Å². The fourth-order valence-electron chi connectivity index (χ4n) is 1.81. The second kappa shape index (κ2) is 5.78. The van der Waals surface area contributed by atoms with Crippen molar-refractivity contribution < 1.29 is 4.42 Å². The summed E-state index contributed by atoms with van der Waals surface area (Å²) in [5.41, 5.74) is 7.04. The molecule has 2 N–H and O–H groups in total. The summed E-state index contributed by atoms with van der Waals surface area (Å²) in [6.45, 7) is 4.58. The number of benzene rings is 1. The predicted molar refractivity (Wildman–Crippen MR) is 70.3 cm³/mol. The van der Waals surface area contributed by atoms with Crippen molar-refractivity contribution >= 4 is 0 Å². The quantitative estimate of drug-likeness (QED) is 0.878. The monoisotopic (exact) mass is 245 g/mol. The fraction of sp³-hybridized carbons (Fsp3) is 0.429. The molecule has 0 aliphatic heterocycles. The van der Waals surface area contributed by atoms with Gasteiger partial charge in [0.25, 0.3) is 0 Å². The largest absolute Gasteiger partial charge is 0.425 e. The molecule has 1 aromatic carbocycles. The molecule has 96 valence electrons. The van der Waals surface area contributed by atoms with E-state index in [1.165, 1.54) is 5.56 Å². The van der Waals surface area contributed by atoms with Crippen LogP contribution in [0, 0.1) is 0 Å². The zero-order valence-corrected chi connectivity index (χ0v) is 10.8. The van der Waals surface area contributed by atoms with Crippen LogP contribution in [0.2, 0.25) is 0 Å². The minimum Gasteiger partial charge on any atom is -0.425 e. The van der Waals surface area contributed by atoms with Crippen LogP contribution in [0.5, 0.6) is 0 Å². The summed E-state index contributed by atoms with van der Waals surface area (Å²) >= 11 is 0. The lowest BCUT2D eigenvalue weighted by molar-refractivity contribution is 0.402. The Morgan fingerprint density at radius 3 is 2.33 bits per heavy atom.